The standard InChI is InChI=1S/C18H16N2O3/c1-23-17-10-14(7-8-16(17)21)9-15(11-19)18(22)20-12-13-5-3-2-4-6-13/h2-10,21H,12H2,1H3,(H,20,22). The van der Waals surface area contributed by atoms with Crippen LogP contribution in [0.25, 0.3) is 6.08 Å². The van der Waals surface area contributed by atoms with Crippen LogP contribution in [-0.4, -0.2) is 18.1 Å². The second-order valence-corrected chi connectivity index (χ2v) is 4.77. The topological polar surface area (TPSA) is 82.3 Å². The number of benzene rings is 2. The van der Waals surface area contributed by atoms with Gasteiger partial charge in [-0.15, -0.1) is 0 Å². The van der Waals surface area contributed by atoms with Crippen molar-refractivity contribution in [2.24, 2.45) is 0 Å². The lowest BCUT2D eigenvalue weighted by molar-refractivity contribution is -0.117. The van der Waals surface area contributed by atoms with Gasteiger partial charge in [0.2, 0.25) is 0 Å². The summed E-state index contributed by atoms with van der Waals surface area (Å²) in [6.07, 6.45) is 1.45. The van der Waals surface area contributed by atoms with Crippen molar-refractivity contribution in [1.29, 1.82) is 5.26 Å². The number of methoxy groups -OCH3 is 1. The zero-order valence-electron chi connectivity index (χ0n) is 12.6. The third-order valence-corrected chi connectivity index (χ3v) is 3.18. The highest BCUT2D eigenvalue weighted by Crippen LogP contribution is 2.27. The van der Waals surface area contributed by atoms with Crippen LogP contribution in [-0.2, 0) is 11.3 Å². The Hall–Kier alpha value is -3.26. The van der Waals surface area contributed by atoms with Crippen molar-refractivity contribution in [3.63, 3.8) is 0 Å². The molecule has 0 radical (unpaired) electrons. The fraction of sp³-hybridized carbons (Fsp3) is 0.111. The number of phenolic OH excluding ortho intramolecular Hbond substituents is 1. The summed E-state index contributed by atoms with van der Waals surface area (Å²) in [5.41, 5.74) is 1.52. The van der Waals surface area contributed by atoms with Crippen LogP contribution in [0.4, 0.5) is 0 Å². The lowest BCUT2D eigenvalue weighted by Gasteiger charge is -2.06. The molecular weight excluding hydrogens is 292 g/mol. The molecule has 0 unspecified atom stereocenters. The number of ether oxygens (including phenoxy) is 1. The molecule has 0 bridgehead atoms. The van der Waals surface area contributed by atoms with Crippen molar-refractivity contribution >= 4 is 12.0 Å². The highest BCUT2D eigenvalue weighted by molar-refractivity contribution is 6.01. The van der Waals surface area contributed by atoms with Gasteiger partial charge in [-0.3, -0.25) is 4.79 Å². The molecule has 0 aromatic heterocycles. The smallest absolute Gasteiger partial charge is 0.262 e. The van der Waals surface area contributed by atoms with Gasteiger partial charge in [0.15, 0.2) is 11.5 Å². The van der Waals surface area contributed by atoms with Crippen LogP contribution in [0.3, 0.4) is 0 Å². The SMILES string of the molecule is COc1cc(C=C(C#N)C(=O)NCc2ccccc2)ccc1O. The maximum atomic E-state index is 12.1. The van der Waals surface area contributed by atoms with Gasteiger partial charge in [-0.1, -0.05) is 36.4 Å². The number of phenols is 1. The number of carbonyl (C=O) groups is 1. The average Bonchev–Trinajstić information content (AvgIpc) is 2.59. The number of rotatable bonds is 5. The van der Waals surface area contributed by atoms with Gasteiger partial charge in [-0.25, -0.2) is 0 Å². The highest BCUT2D eigenvalue weighted by atomic mass is 16.5. The molecular formula is C18H16N2O3. The number of nitriles is 1. The molecule has 0 aliphatic carbocycles. The molecule has 2 N–H and O–H groups in total. The highest BCUT2D eigenvalue weighted by Gasteiger charge is 2.09. The molecule has 0 saturated carbocycles. The monoisotopic (exact) mass is 308 g/mol. The number of aromatic hydroxyl groups is 1. The predicted octanol–water partition coefficient (Wildman–Crippen LogP) is 2.62. The number of amides is 1. The van der Waals surface area contributed by atoms with E-state index < -0.39 is 5.91 Å². The van der Waals surface area contributed by atoms with E-state index in [9.17, 15) is 15.2 Å². The Bertz CT molecular complexity index is 762. The van der Waals surface area contributed by atoms with Gasteiger partial charge in [0.1, 0.15) is 11.6 Å². The Morgan fingerprint density at radius 1 is 1.30 bits per heavy atom. The van der Waals surface area contributed by atoms with Crippen molar-refractivity contribution in [2.75, 3.05) is 7.11 Å². The second-order valence-electron chi connectivity index (χ2n) is 4.77. The lowest BCUT2D eigenvalue weighted by atomic mass is 10.1. The van der Waals surface area contributed by atoms with Gasteiger partial charge >= 0.3 is 0 Å². The molecule has 0 spiro atoms. The first-order valence-electron chi connectivity index (χ1n) is 6.95. The van der Waals surface area contributed by atoms with Crippen LogP contribution in [0.1, 0.15) is 11.1 Å². The summed E-state index contributed by atoms with van der Waals surface area (Å²) in [4.78, 5) is 12.1. The summed E-state index contributed by atoms with van der Waals surface area (Å²) >= 11 is 0. The number of carbonyl (C=O) groups excluding carboxylic acids is 1. The largest absolute Gasteiger partial charge is 0.504 e. The molecule has 116 valence electrons. The van der Waals surface area contributed by atoms with Crippen LogP contribution in [0, 0.1) is 11.3 Å². The molecule has 1 amide bonds. The fourth-order valence-electron chi connectivity index (χ4n) is 1.97. The van der Waals surface area contributed by atoms with Gasteiger partial charge in [0.25, 0.3) is 5.91 Å². The first kappa shape index (κ1) is 16.1. The average molecular weight is 308 g/mol. The Morgan fingerprint density at radius 2 is 2.04 bits per heavy atom. The van der Waals surface area contributed by atoms with Crippen LogP contribution < -0.4 is 10.1 Å². The minimum atomic E-state index is -0.455. The van der Waals surface area contributed by atoms with E-state index in [0.717, 1.165) is 5.56 Å². The Balaban J connectivity index is 2.12. The van der Waals surface area contributed by atoms with Gasteiger partial charge in [-0.05, 0) is 29.3 Å². The molecule has 0 aliphatic rings. The zero-order chi connectivity index (χ0) is 16.7. The van der Waals surface area contributed by atoms with Crippen molar-refractivity contribution in [1.82, 2.24) is 5.32 Å². The third-order valence-electron chi connectivity index (χ3n) is 3.18. The molecule has 0 aliphatic heterocycles. The van der Waals surface area contributed by atoms with Crippen LogP contribution in [0.5, 0.6) is 11.5 Å². The Labute approximate surface area is 134 Å². The van der Waals surface area contributed by atoms with E-state index >= 15 is 0 Å². The minimum absolute atomic E-state index is 0.00307. The number of nitrogens with zero attached hydrogens (tertiary/aromatic N) is 1. The van der Waals surface area contributed by atoms with E-state index in [0.29, 0.717) is 12.1 Å². The summed E-state index contributed by atoms with van der Waals surface area (Å²) in [7, 11) is 1.43. The maximum absolute atomic E-state index is 12.1. The van der Waals surface area contributed by atoms with Gasteiger partial charge in [0.05, 0.1) is 7.11 Å². The predicted molar refractivity (Wildman–Crippen MR) is 86.5 cm³/mol. The third kappa shape index (κ3) is 4.35. The Morgan fingerprint density at radius 3 is 2.70 bits per heavy atom. The molecule has 0 atom stereocenters. The zero-order valence-corrected chi connectivity index (χ0v) is 12.6. The molecule has 5 heteroatoms. The number of hydrogen-bond acceptors (Lipinski definition) is 4. The second kappa shape index (κ2) is 7.66. The summed E-state index contributed by atoms with van der Waals surface area (Å²) < 4.78 is 5.00. The quantitative estimate of drug-likeness (QED) is 0.657. The minimum Gasteiger partial charge on any atom is -0.504 e. The molecule has 0 saturated heterocycles. The molecule has 23 heavy (non-hydrogen) atoms. The molecule has 0 heterocycles. The first-order chi connectivity index (χ1) is 11.1. The van der Waals surface area contributed by atoms with E-state index in [1.807, 2.05) is 36.4 Å². The fourth-order valence-corrected chi connectivity index (χ4v) is 1.97. The Kier molecular flexibility index (Phi) is 5.37. The van der Waals surface area contributed by atoms with Gasteiger partial charge < -0.3 is 15.2 Å². The van der Waals surface area contributed by atoms with E-state index in [4.69, 9.17) is 4.74 Å². The van der Waals surface area contributed by atoms with E-state index in [1.165, 1.54) is 19.3 Å². The lowest BCUT2D eigenvalue weighted by Crippen LogP contribution is -2.23. The molecule has 5 nitrogen and oxygen atoms in total. The van der Waals surface area contributed by atoms with E-state index in [1.54, 1.807) is 12.1 Å². The molecule has 2 aromatic carbocycles. The summed E-state index contributed by atoms with van der Waals surface area (Å²) in [6.45, 7) is 0.345. The molecule has 2 aromatic rings. The van der Waals surface area contributed by atoms with Crippen molar-refractivity contribution in [3.05, 3.63) is 65.2 Å². The first-order valence-corrected chi connectivity index (χ1v) is 6.95. The summed E-state index contributed by atoms with van der Waals surface area (Å²) in [5.74, 6) is -0.180. The van der Waals surface area contributed by atoms with Crippen molar-refractivity contribution in [3.8, 4) is 17.6 Å². The number of nitrogens with one attached hydrogen (secondary N) is 1. The number of hydrogen-bond donors (Lipinski definition) is 2. The molecule has 2 rings (SSSR count). The summed E-state index contributed by atoms with van der Waals surface area (Å²) in [5, 5.41) is 21.4. The van der Waals surface area contributed by atoms with Crippen LogP contribution in [0.15, 0.2) is 54.1 Å². The normalized spacial score (nSPS) is 10.7. The van der Waals surface area contributed by atoms with Crippen LogP contribution >= 0.6 is 0 Å². The summed E-state index contributed by atoms with van der Waals surface area (Å²) in [6, 6.07) is 15.9. The van der Waals surface area contributed by atoms with Crippen LogP contribution in [0.2, 0.25) is 0 Å². The van der Waals surface area contributed by atoms with Crippen molar-refractivity contribution in [2.45, 2.75) is 6.54 Å². The van der Waals surface area contributed by atoms with Gasteiger partial charge in [-0.2, -0.15) is 5.26 Å². The maximum Gasteiger partial charge on any atom is 0.262 e. The van der Waals surface area contributed by atoms with Gasteiger partial charge in [0, 0.05) is 6.54 Å². The molecule has 0 fully saturated rings. The van der Waals surface area contributed by atoms with Crippen molar-refractivity contribution < 1.29 is 14.6 Å². The van der Waals surface area contributed by atoms with E-state index in [2.05, 4.69) is 5.32 Å². The van der Waals surface area contributed by atoms with E-state index in [-0.39, 0.29) is 17.1 Å².